The Hall–Kier alpha value is -1.20. The molecular weight excluding hydrogens is 300 g/mol. The highest BCUT2D eigenvalue weighted by Crippen LogP contribution is 2.41. The molecule has 18 heavy (non-hydrogen) atoms. The predicted molar refractivity (Wildman–Crippen MR) is 68.7 cm³/mol. The van der Waals surface area contributed by atoms with Gasteiger partial charge >= 0.3 is 0 Å². The molecule has 0 aliphatic carbocycles. The SMILES string of the molecule is OC(C1=CCCO1)c1cc(Br)c2c(c1)OCCO2. The Kier molecular flexibility index (Phi) is 3.18. The molecule has 1 unspecified atom stereocenters. The summed E-state index contributed by atoms with van der Waals surface area (Å²) in [5.74, 6) is 1.96. The summed E-state index contributed by atoms with van der Waals surface area (Å²) in [7, 11) is 0. The Morgan fingerprint density at radius 1 is 1.11 bits per heavy atom. The van der Waals surface area contributed by atoms with E-state index in [2.05, 4.69) is 15.9 Å². The first-order valence-corrected chi connectivity index (χ1v) is 6.65. The highest BCUT2D eigenvalue weighted by molar-refractivity contribution is 9.10. The zero-order valence-corrected chi connectivity index (χ0v) is 11.3. The summed E-state index contributed by atoms with van der Waals surface area (Å²) in [5.41, 5.74) is 0.735. The average molecular weight is 313 g/mol. The van der Waals surface area contributed by atoms with Gasteiger partial charge in [-0.2, -0.15) is 0 Å². The largest absolute Gasteiger partial charge is 0.495 e. The van der Waals surface area contributed by atoms with E-state index in [1.807, 2.05) is 12.1 Å². The molecule has 0 bridgehead atoms. The van der Waals surface area contributed by atoms with Gasteiger partial charge in [-0.05, 0) is 39.7 Å². The van der Waals surface area contributed by atoms with Gasteiger partial charge in [-0.15, -0.1) is 0 Å². The summed E-state index contributed by atoms with van der Waals surface area (Å²) in [4.78, 5) is 0. The number of halogens is 1. The number of rotatable bonds is 2. The summed E-state index contributed by atoms with van der Waals surface area (Å²) in [6.07, 6.45) is 2.01. The third kappa shape index (κ3) is 2.08. The molecule has 0 fully saturated rings. The summed E-state index contributed by atoms with van der Waals surface area (Å²) >= 11 is 3.43. The van der Waals surface area contributed by atoms with Crippen molar-refractivity contribution in [3.05, 3.63) is 34.0 Å². The zero-order chi connectivity index (χ0) is 12.5. The fourth-order valence-electron chi connectivity index (χ4n) is 2.08. The molecule has 5 heteroatoms. The molecule has 0 aromatic heterocycles. The average Bonchev–Trinajstić information content (AvgIpc) is 2.91. The maximum Gasteiger partial charge on any atom is 0.175 e. The van der Waals surface area contributed by atoms with E-state index in [1.165, 1.54) is 0 Å². The van der Waals surface area contributed by atoms with E-state index in [4.69, 9.17) is 14.2 Å². The number of hydrogen-bond acceptors (Lipinski definition) is 4. The second kappa shape index (κ2) is 4.82. The van der Waals surface area contributed by atoms with Crippen LogP contribution in [0.4, 0.5) is 0 Å². The standard InChI is InChI=1S/C13H13BrO4/c14-9-6-8(12(15)10-2-1-3-16-10)7-11-13(9)18-5-4-17-11/h2,6-7,12,15H,1,3-5H2. The van der Waals surface area contributed by atoms with Crippen LogP contribution >= 0.6 is 15.9 Å². The van der Waals surface area contributed by atoms with Crippen molar-refractivity contribution in [2.75, 3.05) is 19.8 Å². The monoisotopic (exact) mass is 312 g/mol. The molecule has 1 aromatic rings. The zero-order valence-electron chi connectivity index (χ0n) is 9.69. The van der Waals surface area contributed by atoms with Crippen LogP contribution in [0.2, 0.25) is 0 Å². The van der Waals surface area contributed by atoms with Gasteiger partial charge in [-0.3, -0.25) is 0 Å². The van der Waals surface area contributed by atoms with E-state index in [0.717, 1.165) is 16.5 Å². The molecule has 0 radical (unpaired) electrons. The molecule has 0 saturated carbocycles. The van der Waals surface area contributed by atoms with Crippen molar-refractivity contribution in [3.63, 3.8) is 0 Å². The van der Waals surface area contributed by atoms with E-state index >= 15 is 0 Å². The number of aliphatic hydroxyl groups excluding tert-OH is 1. The molecule has 1 atom stereocenters. The van der Waals surface area contributed by atoms with E-state index in [9.17, 15) is 5.11 Å². The summed E-state index contributed by atoms with van der Waals surface area (Å²) in [5, 5.41) is 10.2. The molecule has 3 rings (SSSR count). The van der Waals surface area contributed by atoms with Crippen molar-refractivity contribution < 1.29 is 19.3 Å². The van der Waals surface area contributed by atoms with Gasteiger partial charge in [0.1, 0.15) is 25.1 Å². The van der Waals surface area contributed by atoms with Crippen molar-refractivity contribution in [2.24, 2.45) is 0 Å². The van der Waals surface area contributed by atoms with Crippen LogP contribution in [0, 0.1) is 0 Å². The van der Waals surface area contributed by atoms with E-state index in [-0.39, 0.29) is 0 Å². The van der Waals surface area contributed by atoms with Gasteiger partial charge < -0.3 is 19.3 Å². The molecule has 4 nitrogen and oxygen atoms in total. The van der Waals surface area contributed by atoms with Gasteiger partial charge in [0.05, 0.1) is 11.1 Å². The summed E-state index contributed by atoms with van der Waals surface area (Å²) in [6, 6.07) is 3.63. The smallest absolute Gasteiger partial charge is 0.175 e. The van der Waals surface area contributed by atoms with Crippen molar-refractivity contribution in [3.8, 4) is 11.5 Å². The maximum absolute atomic E-state index is 10.2. The van der Waals surface area contributed by atoms with Crippen LogP contribution in [0.5, 0.6) is 11.5 Å². The highest BCUT2D eigenvalue weighted by Gasteiger charge is 2.23. The Morgan fingerprint density at radius 2 is 1.94 bits per heavy atom. The molecule has 96 valence electrons. The molecule has 1 aromatic carbocycles. The summed E-state index contributed by atoms with van der Waals surface area (Å²) < 4.78 is 17.2. The third-order valence-corrected chi connectivity index (χ3v) is 3.53. The fraction of sp³-hybridized carbons (Fsp3) is 0.385. The molecule has 2 aliphatic heterocycles. The van der Waals surface area contributed by atoms with Crippen LogP contribution in [0.3, 0.4) is 0 Å². The lowest BCUT2D eigenvalue weighted by atomic mass is 10.1. The van der Waals surface area contributed by atoms with Gasteiger partial charge in [0.2, 0.25) is 0 Å². The predicted octanol–water partition coefficient (Wildman–Crippen LogP) is 2.56. The van der Waals surface area contributed by atoms with Crippen LogP contribution in [0.25, 0.3) is 0 Å². The lowest BCUT2D eigenvalue weighted by Crippen LogP contribution is -2.16. The molecule has 2 heterocycles. The second-order valence-electron chi connectivity index (χ2n) is 4.17. The fourth-order valence-corrected chi connectivity index (χ4v) is 2.65. The van der Waals surface area contributed by atoms with Crippen LogP contribution in [-0.4, -0.2) is 24.9 Å². The molecule has 0 spiro atoms. The van der Waals surface area contributed by atoms with E-state index in [1.54, 1.807) is 6.07 Å². The third-order valence-electron chi connectivity index (χ3n) is 2.94. The Labute approximate surface area is 113 Å². The van der Waals surface area contributed by atoms with Crippen molar-refractivity contribution >= 4 is 15.9 Å². The van der Waals surface area contributed by atoms with Gasteiger partial charge in [-0.1, -0.05) is 0 Å². The van der Waals surface area contributed by atoms with E-state index < -0.39 is 6.10 Å². The Morgan fingerprint density at radius 3 is 2.72 bits per heavy atom. The van der Waals surface area contributed by atoms with Crippen molar-refractivity contribution in [1.82, 2.24) is 0 Å². The van der Waals surface area contributed by atoms with Gasteiger partial charge in [0.15, 0.2) is 11.5 Å². The lowest BCUT2D eigenvalue weighted by Gasteiger charge is -2.22. The Bertz CT molecular complexity index is 498. The highest BCUT2D eigenvalue weighted by atomic mass is 79.9. The minimum Gasteiger partial charge on any atom is -0.495 e. The molecule has 2 aliphatic rings. The Balaban J connectivity index is 1.95. The number of ether oxygens (including phenoxy) is 3. The quantitative estimate of drug-likeness (QED) is 0.911. The normalized spacial score (nSPS) is 19.1. The second-order valence-corrected chi connectivity index (χ2v) is 5.03. The maximum atomic E-state index is 10.2. The van der Waals surface area contributed by atoms with Crippen LogP contribution < -0.4 is 9.47 Å². The van der Waals surface area contributed by atoms with Crippen LogP contribution in [-0.2, 0) is 4.74 Å². The molecule has 0 saturated heterocycles. The number of hydrogen-bond donors (Lipinski definition) is 1. The number of aliphatic hydroxyl groups is 1. The number of fused-ring (bicyclic) bond motifs is 1. The van der Waals surface area contributed by atoms with Crippen molar-refractivity contribution in [1.29, 1.82) is 0 Å². The van der Waals surface area contributed by atoms with Gasteiger partial charge in [0.25, 0.3) is 0 Å². The van der Waals surface area contributed by atoms with Gasteiger partial charge in [-0.25, -0.2) is 0 Å². The topological polar surface area (TPSA) is 47.9 Å². The number of benzene rings is 1. The van der Waals surface area contributed by atoms with Gasteiger partial charge in [0, 0.05) is 6.42 Å². The van der Waals surface area contributed by atoms with Crippen molar-refractivity contribution in [2.45, 2.75) is 12.5 Å². The first kappa shape index (κ1) is 11.9. The minimum atomic E-state index is -0.750. The minimum absolute atomic E-state index is 0.526. The lowest BCUT2D eigenvalue weighted by molar-refractivity contribution is 0.118. The van der Waals surface area contributed by atoms with E-state index in [0.29, 0.717) is 37.1 Å². The first-order chi connectivity index (χ1) is 8.75. The van der Waals surface area contributed by atoms with Crippen LogP contribution in [0.1, 0.15) is 18.1 Å². The molecule has 0 amide bonds. The summed E-state index contributed by atoms with van der Waals surface area (Å²) in [6.45, 7) is 1.71. The molecular formula is C13H13BrO4. The first-order valence-electron chi connectivity index (χ1n) is 5.85. The molecule has 1 N–H and O–H groups in total. The van der Waals surface area contributed by atoms with Crippen LogP contribution in [0.15, 0.2) is 28.4 Å².